The van der Waals surface area contributed by atoms with E-state index in [0.717, 1.165) is 11.3 Å². The molecule has 1 heterocycles. The van der Waals surface area contributed by atoms with E-state index < -0.39 is 11.7 Å². The number of rotatable bonds is 5. The van der Waals surface area contributed by atoms with Crippen molar-refractivity contribution in [3.8, 4) is 0 Å². The molecule has 0 aliphatic carbocycles. The van der Waals surface area contributed by atoms with Crippen molar-refractivity contribution in [2.75, 3.05) is 5.32 Å². The fourth-order valence-electron chi connectivity index (χ4n) is 1.70. The van der Waals surface area contributed by atoms with E-state index >= 15 is 0 Å². The Bertz CT molecular complexity index is 697. The van der Waals surface area contributed by atoms with E-state index in [0.29, 0.717) is 23.1 Å². The number of halogens is 2. The Hall–Kier alpha value is -1.67. The largest absolute Gasteiger partial charge is 0.324 e. The van der Waals surface area contributed by atoms with Crippen molar-refractivity contribution in [3.05, 3.63) is 45.0 Å². The molecule has 0 aliphatic rings. The number of thiazole rings is 1. The van der Waals surface area contributed by atoms with Crippen molar-refractivity contribution in [1.82, 2.24) is 4.57 Å². The molecule has 4 nitrogen and oxygen atoms in total. The molecular weight excluding hydrogens is 318 g/mol. The molecule has 1 aromatic carbocycles. The van der Waals surface area contributed by atoms with Gasteiger partial charge in [0.2, 0.25) is 5.91 Å². The van der Waals surface area contributed by atoms with Crippen LogP contribution in [0, 0.1) is 6.92 Å². The summed E-state index contributed by atoms with van der Waals surface area (Å²) in [5, 5.41) is 4.22. The molecule has 0 saturated heterocycles. The smallest absolute Gasteiger partial charge is 0.307 e. The summed E-state index contributed by atoms with van der Waals surface area (Å²) in [5.74, 6) is -2.99. The van der Waals surface area contributed by atoms with E-state index in [4.69, 9.17) is 0 Å². The monoisotopic (exact) mass is 330 g/mol. The molecule has 1 amide bonds. The quantitative estimate of drug-likeness (QED) is 0.857. The zero-order chi connectivity index (χ0) is 15.4. The molecule has 2 aromatic rings. The van der Waals surface area contributed by atoms with Crippen LogP contribution in [0.1, 0.15) is 5.69 Å². The van der Waals surface area contributed by atoms with Crippen LogP contribution < -0.4 is 10.2 Å². The van der Waals surface area contributed by atoms with Gasteiger partial charge in [-0.05, 0) is 19.1 Å². The molecule has 0 bridgehead atoms. The minimum Gasteiger partial charge on any atom is -0.324 e. The molecule has 0 spiro atoms. The Kier molecular flexibility index (Phi) is 5.13. The van der Waals surface area contributed by atoms with Crippen LogP contribution in [0.3, 0.4) is 0 Å². The van der Waals surface area contributed by atoms with Gasteiger partial charge in [0.05, 0.1) is 5.69 Å². The Morgan fingerprint density at radius 2 is 2.14 bits per heavy atom. The fraction of sp³-hybridized carbons (Fsp3) is 0.231. The van der Waals surface area contributed by atoms with Crippen LogP contribution in [-0.4, -0.2) is 16.2 Å². The zero-order valence-corrected chi connectivity index (χ0v) is 12.6. The second-order valence-electron chi connectivity index (χ2n) is 4.15. The summed E-state index contributed by atoms with van der Waals surface area (Å²) in [4.78, 5) is 23.6. The second kappa shape index (κ2) is 6.86. The highest BCUT2D eigenvalue weighted by Gasteiger charge is 2.13. The minimum absolute atomic E-state index is 0.137. The van der Waals surface area contributed by atoms with Crippen LogP contribution in [-0.2, 0) is 11.3 Å². The summed E-state index contributed by atoms with van der Waals surface area (Å²) >= 11 is 1.38. The first-order valence-corrected chi connectivity index (χ1v) is 7.72. The molecule has 2 rings (SSSR count). The Morgan fingerprint density at radius 3 is 2.76 bits per heavy atom. The van der Waals surface area contributed by atoms with E-state index in [1.165, 1.54) is 10.6 Å². The van der Waals surface area contributed by atoms with Gasteiger partial charge < -0.3 is 5.32 Å². The summed E-state index contributed by atoms with van der Waals surface area (Å²) in [6.45, 7) is 1.59. The van der Waals surface area contributed by atoms with Crippen LogP contribution in [0.15, 0.2) is 39.3 Å². The molecule has 8 heteroatoms. The van der Waals surface area contributed by atoms with Gasteiger partial charge in [-0.15, -0.1) is 0 Å². The number of anilines is 1. The second-order valence-corrected chi connectivity index (χ2v) is 6.00. The predicted molar refractivity (Wildman–Crippen MR) is 80.2 cm³/mol. The maximum absolute atomic E-state index is 12.5. The Morgan fingerprint density at radius 1 is 1.43 bits per heavy atom. The standard InChI is InChI=1S/C13H12F2N2O2S2/c1-8-7-20-13(19)17(8)6-11(18)16-9-4-2-3-5-10(9)21-12(14)15/h2-5,7,12H,6H2,1H3,(H,16,18). The van der Waals surface area contributed by atoms with E-state index in [1.807, 2.05) is 0 Å². The van der Waals surface area contributed by atoms with Gasteiger partial charge in [-0.2, -0.15) is 8.78 Å². The number of aromatic nitrogens is 1. The third-order valence-corrected chi connectivity index (χ3v) is 4.32. The molecular formula is C13H12F2N2O2S2. The number of carbonyl (C=O) groups is 1. The molecule has 0 saturated carbocycles. The number of alkyl halides is 2. The summed E-state index contributed by atoms with van der Waals surface area (Å²) < 4.78 is 26.2. The van der Waals surface area contributed by atoms with Crippen molar-refractivity contribution >= 4 is 34.7 Å². The van der Waals surface area contributed by atoms with Gasteiger partial charge in [-0.1, -0.05) is 35.2 Å². The summed E-state index contributed by atoms with van der Waals surface area (Å²) in [6.07, 6.45) is 0. The lowest BCUT2D eigenvalue weighted by molar-refractivity contribution is -0.116. The molecule has 1 aromatic heterocycles. The summed E-state index contributed by atoms with van der Waals surface area (Å²) in [6, 6.07) is 6.32. The van der Waals surface area contributed by atoms with Crippen LogP contribution >= 0.6 is 23.1 Å². The number of carbonyl (C=O) groups excluding carboxylic acids is 1. The maximum Gasteiger partial charge on any atom is 0.307 e. The minimum atomic E-state index is -2.57. The topological polar surface area (TPSA) is 51.1 Å². The lowest BCUT2D eigenvalue weighted by atomic mass is 10.3. The predicted octanol–water partition coefficient (Wildman–Crippen LogP) is 3.17. The Labute approximate surface area is 127 Å². The van der Waals surface area contributed by atoms with Gasteiger partial charge in [-0.25, -0.2) is 0 Å². The highest BCUT2D eigenvalue weighted by atomic mass is 32.2. The van der Waals surface area contributed by atoms with E-state index in [-0.39, 0.29) is 16.3 Å². The summed E-state index contributed by atoms with van der Waals surface area (Å²) in [7, 11) is 0. The first-order valence-electron chi connectivity index (χ1n) is 5.96. The van der Waals surface area contributed by atoms with Gasteiger partial charge in [-0.3, -0.25) is 14.2 Å². The number of amides is 1. The van der Waals surface area contributed by atoms with Crippen LogP contribution in [0.25, 0.3) is 0 Å². The van der Waals surface area contributed by atoms with E-state index in [9.17, 15) is 18.4 Å². The van der Waals surface area contributed by atoms with Gasteiger partial charge in [0.15, 0.2) is 0 Å². The molecule has 0 fully saturated rings. The number of hydrogen-bond donors (Lipinski definition) is 1. The first kappa shape index (κ1) is 15.7. The highest BCUT2D eigenvalue weighted by Crippen LogP contribution is 2.31. The summed E-state index contributed by atoms with van der Waals surface area (Å²) in [5.41, 5.74) is 1.00. The zero-order valence-electron chi connectivity index (χ0n) is 11.0. The van der Waals surface area contributed by atoms with Crippen LogP contribution in [0.4, 0.5) is 14.5 Å². The number of hydrogen-bond acceptors (Lipinski definition) is 4. The number of benzene rings is 1. The molecule has 0 radical (unpaired) electrons. The molecule has 21 heavy (non-hydrogen) atoms. The number of thioether (sulfide) groups is 1. The third kappa shape index (κ3) is 4.15. The van der Waals surface area contributed by atoms with Crippen molar-refractivity contribution < 1.29 is 13.6 Å². The average Bonchev–Trinajstić information content (AvgIpc) is 2.72. The average molecular weight is 330 g/mol. The Balaban J connectivity index is 2.11. The molecule has 0 atom stereocenters. The van der Waals surface area contributed by atoms with Crippen molar-refractivity contribution in [2.45, 2.75) is 24.1 Å². The first-order chi connectivity index (χ1) is 9.97. The SMILES string of the molecule is Cc1csc(=O)n1CC(=O)Nc1ccccc1SC(F)F. The molecule has 1 N–H and O–H groups in total. The normalized spacial score (nSPS) is 10.9. The van der Waals surface area contributed by atoms with Gasteiger partial charge in [0.25, 0.3) is 5.76 Å². The number of nitrogens with zero attached hydrogens (tertiary/aromatic N) is 1. The number of aryl methyl sites for hydroxylation is 1. The van der Waals surface area contributed by atoms with E-state index in [2.05, 4.69) is 5.32 Å². The van der Waals surface area contributed by atoms with Crippen molar-refractivity contribution in [3.63, 3.8) is 0 Å². The van der Waals surface area contributed by atoms with Gasteiger partial charge >= 0.3 is 4.87 Å². The van der Waals surface area contributed by atoms with Crippen molar-refractivity contribution in [1.29, 1.82) is 0 Å². The van der Waals surface area contributed by atoms with Crippen molar-refractivity contribution in [2.24, 2.45) is 0 Å². The fourth-order valence-corrected chi connectivity index (χ4v) is 3.03. The lowest BCUT2D eigenvalue weighted by Crippen LogP contribution is -2.25. The molecule has 0 aliphatic heterocycles. The lowest BCUT2D eigenvalue weighted by Gasteiger charge is -2.11. The number of para-hydroxylation sites is 1. The molecule has 0 unspecified atom stereocenters. The third-order valence-electron chi connectivity index (χ3n) is 2.66. The van der Waals surface area contributed by atoms with Crippen LogP contribution in [0.2, 0.25) is 0 Å². The van der Waals surface area contributed by atoms with Crippen LogP contribution in [0.5, 0.6) is 0 Å². The van der Waals surface area contributed by atoms with Gasteiger partial charge in [0, 0.05) is 16.0 Å². The van der Waals surface area contributed by atoms with Gasteiger partial charge in [0.1, 0.15) is 6.54 Å². The number of nitrogens with one attached hydrogen (secondary N) is 1. The maximum atomic E-state index is 12.5. The molecule has 112 valence electrons. The highest BCUT2D eigenvalue weighted by molar-refractivity contribution is 7.99. The van der Waals surface area contributed by atoms with E-state index in [1.54, 1.807) is 30.5 Å².